The smallest absolute Gasteiger partial charge is 0.287 e. The van der Waals surface area contributed by atoms with Crippen LogP contribution in [-0.2, 0) is 22.5 Å². The lowest BCUT2D eigenvalue weighted by Crippen LogP contribution is -2.34. The standard InChI is InChI=1S/C19H23N3O4.ClH/c1-25-11-9-20-7-8-21-19(24)18-15(6-10-26-18)13-22-16-5-3-2-4-14(16)12-17(22)23;/h2-6,10,20H,7-9,11-13H2,1H3,(H,21,24);1H. The molecule has 1 aliphatic rings. The van der Waals surface area contributed by atoms with E-state index in [4.69, 9.17) is 9.15 Å². The van der Waals surface area contributed by atoms with Gasteiger partial charge in [-0.1, -0.05) is 18.2 Å². The number of nitrogens with zero attached hydrogens (tertiary/aromatic N) is 1. The van der Waals surface area contributed by atoms with Crippen LogP contribution < -0.4 is 15.5 Å². The minimum absolute atomic E-state index is 0. The van der Waals surface area contributed by atoms with Gasteiger partial charge in [-0.3, -0.25) is 9.59 Å². The quantitative estimate of drug-likeness (QED) is 0.634. The van der Waals surface area contributed by atoms with Crippen molar-refractivity contribution in [2.45, 2.75) is 13.0 Å². The molecule has 1 aromatic carbocycles. The lowest BCUT2D eigenvalue weighted by Gasteiger charge is -2.17. The minimum Gasteiger partial charge on any atom is -0.459 e. The summed E-state index contributed by atoms with van der Waals surface area (Å²) in [6.07, 6.45) is 1.87. The number of carbonyl (C=O) groups is 2. The zero-order valence-corrected chi connectivity index (χ0v) is 16.0. The number of benzene rings is 1. The van der Waals surface area contributed by atoms with Crippen molar-refractivity contribution in [3.05, 3.63) is 53.5 Å². The Morgan fingerprint density at radius 3 is 2.85 bits per heavy atom. The third-order valence-electron chi connectivity index (χ3n) is 4.28. The van der Waals surface area contributed by atoms with E-state index in [-0.39, 0.29) is 30.0 Å². The number of methoxy groups -OCH3 is 1. The molecule has 2 amide bonds. The highest BCUT2D eigenvalue weighted by molar-refractivity contribution is 6.01. The number of rotatable bonds is 9. The first-order valence-corrected chi connectivity index (χ1v) is 8.63. The Morgan fingerprint density at radius 2 is 2.04 bits per heavy atom. The van der Waals surface area contributed by atoms with E-state index in [1.54, 1.807) is 18.1 Å². The van der Waals surface area contributed by atoms with Crippen molar-refractivity contribution in [1.82, 2.24) is 10.6 Å². The minimum atomic E-state index is -0.279. The van der Waals surface area contributed by atoms with E-state index in [1.165, 1.54) is 6.26 Å². The Morgan fingerprint density at radius 1 is 1.22 bits per heavy atom. The molecular formula is C19H24ClN3O4. The molecule has 0 aliphatic carbocycles. The summed E-state index contributed by atoms with van der Waals surface area (Å²) in [4.78, 5) is 26.4. The monoisotopic (exact) mass is 393 g/mol. The molecule has 1 aromatic heterocycles. The fourth-order valence-electron chi connectivity index (χ4n) is 2.96. The van der Waals surface area contributed by atoms with Gasteiger partial charge in [0.15, 0.2) is 5.76 Å². The molecule has 1 aliphatic heterocycles. The summed E-state index contributed by atoms with van der Waals surface area (Å²) >= 11 is 0. The van der Waals surface area contributed by atoms with Crippen LogP contribution in [0.5, 0.6) is 0 Å². The topological polar surface area (TPSA) is 83.8 Å². The van der Waals surface area contributed by atoms with Crippen molar-refractivity contribution in [2.75, 3.05) is 38.3 Å². The average molecular weight is 394 g/mol. The fraction of sp³-hybridized carbons (Fsp3) is 0.368. The SMILES string of the molecule is COCCNCCNC(=O)c1occc1CN1C(=O)Cc2ccccc21.Cl. The molecule has 0 unspecified atom stereocenters. The summed E-state index contributed by atoms with van der Waals surface area (Å²) in [5.41, 5.74) is 2.60. The molecule has 0 spiro atoms. The first-order valence-electron chi connectivity index (χ1n) is 8.63. The Labute approximate surface area is 164 Å². The fourth-order valence-corrected chi connectivity index (χ4v) is 2.96. The van der Waals surface area contributed by atoms with Crippen LogP contribution in [0.1, 0.15) is 21.7 Å². The summed E-state index contributed by atoms with van der Waals surface area (Å²) < 4.78 is 10.3. The summed E-state index contributed by atoms with van der Waals surface area (Å²) in [5, 5.41) is 5.97. The average Bonchev–Trinajstić information content (AvgIpc) is 3.23. The molecule has 0 saturated carbocycles. The Bertz CT molecular complexity index is 778. The van der Waals surface area contributed by atoms with Gasteiger partial charge < -0.3 is 24.7 Å². The highest BCUT2D eigenvalue weighted by atomic mass is 35.5. The molecule has 27 heavy (non-hydrogen) atoms. The van der Waals surface area contributed by atoms with Crippen molar-refractivity contribution in [2.24, 2.45) is 0 Å². The van der Waals surface area contributed by atoms with Crippen LogP contribution in [0.2, 0.25) is 0 Å². The number of para-hydroxylation sites is 1. The second-order valence-corrected chi connectivity index (χ2v) is 6.06. The van der Waals surface area contributed by atoms with E-state index < -0.39 is 0 Å². The van der Waals surface area contributed by atoms with Gasteiger partial charge in [0.05, 0.1) is 25.8 Å². The molecule has 2 aromatic rings. The van der Waals surface area contributed by atoms with Crippen molar-refractivity contribution in [3.63, 3.8) is 0 Å². The molecule has 0 saturated heterocycles. The van der Waals surface area contributed by atoms with Gasteiger partial charge in [-0.05, 0) is 17.7 Å². The van der Waals surface area contributed by atoms with Gasteiger partial charge >= 0.3 is 0 Å². The van der Waals surface area contributed by atoms with Gasteiger partial charge in [-0.15, -0.1) is 12.4 Å². The first kappa shape index (κ1) is 21.0. The number of ether oxygens (including phenoxy) is 1. The molecule has 2 heterocycles. The van der Waals surface area contributed by atoms with Gasteiger partial charge in [0, 0.05) is 38.0 Å². The highest BCUT2D eigenvalue weighted by Gasteiger charge is 2.28. The number of hydrogen-bond donors (Lipinski definition) is 2. The number of fused-ring (bicyclic) bond motifs is 1. The summed E-state index contributed by atoms with van der Waals surface area (Å²) in [5.74, 6) is -0.00125. The maximum atomic E-state index is 12.4. The number of anilines is 1. The number of halogens is 1. The van der Waals surface area contributed by atoms with Crippen LogP contribution in [-0.4, -0.2) is 45.2 Å². The van der Waals surface area contributed by atoms with Crippen LogP contribution in [0.3, 0.4) is 0 Å². The van der Waals surface area contributed by atoms with E-state index in [2.05, 4.69) is 10.6 Å². The summed E-state index contributed by atoms with van der Waals surface area (Å²) in [7, 11) is 1.64. The first-order chi connectivity index (χ1) is 12.7. The molecular weight excluding hydrogens is 370 g/mol. The molecule has 0 atom stereocenters. The van der Waals surface area contributed by atoms with E-state index in [9.17, 15) is 9.59 Å². The maximum absolute atomic E-state index is 12.4. The van der Waals surface area contributed by atoms with Gasteiger partial charge in [-0.25, -0.2) is 0 Å². The van der Waals surface area contributed by atoms with E-state index in [0.717, 1.165) is 17.8 Å². The Hall–Kier alpha value is -2.35. The molecule has 146 valence electrons. The van der Waals surface area contributed by atoms with Crippen molar-refractivity contribution >= 4 is 29.9 Å². The van der Waals surface area contributed by atoms with E-state index in [0.29, 0.717) is 38.2 Å². The number of furan rings is 1. The molecule has 0 radical (unpaired) electrons. The lowest BCUT2D eigenvalue weighted by atomic mass is 10.1. The number of hydrogen-bond acceptors (Lipinski definition) is 5. The van der Waals surface area contributed by atoms with Crippen molar-refractivity contribution in [3.8, 4) is 0 Å². The van der Waals surface area contributed by atoms with Crippen LogP contribution in [0.4, 0.5) is 5.69 Å². The predicted molar refractivity (Wildman–Crippen MR) is 104 cm³/mol. The second kappa shape index (κ2) is 10.1. The lowest BCUT2D eigenvalue weighted by molar-refractivity contribution is -0.117. The predicted octanol–water partition coefficient (Wildman–Crippen LogP) is 1.76. The van der Waals surface area contributed by atoms with Crippen LogP contribution in [0.15, 0.2) is 41.0 Å². The molecule has 8 heteroatoms. The normalized spacial score (nSPS) is 12.6. The zero-order chi connectivity index (χ0) is 18.4. The van der Waals surface area contributed by atoms with Gasteiger partial charge in [0.1, 0.15) is 0 Å². The molecule has 3 rings (SSSR count). The number of amides is 2. The third kappa shape index (κ3) is 5.09. The van der Waals surface area contributed by atoms with Gasteiger partial charge in [0.25, 0.3) is 5.91 Å². The summed E-state index contributed by atoms with van der Waals surface area (Å²) in [6.45, 7) is 2.80. The molecule has 7 nitrogen and oxygen atoms in total. The number of nitrogens with one attached hydrogen (secondary N) is 2. The highest BCUT2D eigenvalue weighted by Crippen LogP contribution is 2.30. The maximum Gasteiger partial charge on any atom is 0.287 e. The van der Waals surface area contributed by atoms with Crippen LogP contribution in [0, 0.1) is 0 Å². The number of carbonyl (C=O) groups excluding carboxylic acids is 2. The van der Waals surface area contributed by atoms with Crippen LogP contribution >= 0.6 is 12.4 Å². The molecule has 0 bridgehead atoms. The zero-order valence-electron chi connectivity index (χ0n) is 15.2. The third-order valence-corrected chi connectivity index (χ3v) is 4.28. The summed E-state index contributed by atoms with van der Waals surface area (Å²) in [6, 6.07) is 9.44. The largest absolute Gasteiger partial charge is 0.459 e. The van der Waals surface area contributed by atoms with Crippen LogP contribution in [0.25, 0.3) is 0 Å². The van der Waals surface area contributed by atoms with Crippen molar-refractivity contribution in [1.29, 1.82) is 0 Å². The van der Waals surface area contributed by atoms with Gasteiger partial charge in [0.2, 0.25) is 5.91 Å². The van der Waals surface area contributed by atoms with E-state index in [1.807, 2.05) is 24.3 Å². The van der Waals surface area contributed by atoms with Gasteiger partial charge in [-0.2, -0.15) is 0 Å². The Balaban J connectivity index is 0.00000261. The van der Waals surface area contributed by atoms with E-state index >= 15 is 0 Å². The molecule has 0 fully saturated rings. The Kier molecular flexibility index (Phi) is 7.84. The second-order valence-electron chi connectivity index (χ2n) is 6.06. The molecule has 2 N–H and O–H groups in total. The van der Waals surface area contributed by atoms with Crippen molar-refractivity contribution < 1.29 is 18.7 Å².